The Labute approximate surface area is 125 Å². The van der Waals surface area contributed by atoms with Crippen LogP contribution in [0.15, 0.2) is 17.8 Å². The smallest absolute Gasteiger partial charge is 0.341 e. The Morgan fingerprint density at radius 2 is 2.19 bits per heavy atom. The average molecular weight is 290 g/mol. The fraction of sp³-hybridized carbons (Fsp3) is 0.562. The van der Waals surface area contributed by atoms with Crippen LogP contribution in [0.5, 0.6) is 0 Å². The number of rotatable bonds is 5. The van der Waals surface area contributed by atoms with Gasteiger partial charge in [-0.3, -0.25) is 9.48 Å². The van der Waals surface area contributed by atoms with E-state index >= 15 is 0 Å². The zero-order chi connectivity index (χ0) is 15.6. The van der Waals surface area contributed by atoms with Gasteiger partial charge in [0, 0.05) is 19.2 Å². The number of aromatic nitrogens is 2. The van der Waals surface area contributed by atoms with E-state index in [1.165, 1.54) is 0 Å². The van der Waals surface area contributed by atoms with Gasteiger partial charge in [-0.15, -0.1) is 0 Å². The second kappa shape index (κ2) is 6.24. The summed E-state index contributed by atoms with van der Waals surface area (Å²) < 4.78 is 6.62. The summed E-state index contributed by atoms with van der Waals surface area (Å²) in [6.07, 6.45) is 5.31. The topological polar surface area (TPSA) is 61.2 Å². The Balaban J connectivity index is 2.35. The van der Waals surface area contributed by atoms with Gasteiger partial charge >= 0.3 is 5.97 Å². The van der Waals surface area contributed by atoms with E-state index in [2.05, 4.69) is 18.9 Å². The van der Waals surface area contributed by atoms with Gasteiger partial charge in [0.25, 0.3) is 0 Å². The first-order valence-corrected chi connectivity index (χ1v) is 7.41. The number of nitrogens with zero attached hydrogens (tertiary/aromatic N) is 2. The van der Waals surface area contributed by atoms with Crippen molar-refractivity contribution in [3.63, 3.8) is 0 Å². The molecule has 114 valence electrons. The van der Waals surface area contributed by atoms with Crippen LogP contribution in [-0.2, 0) is 16.6 Å². The number of aryl methyl sites for hydroxylation is 1. The SMILES string of the molecule is CCOC(=O)C1=CC(CCC(C)C)c2nn(C)cc2C1=O. The number of fused-ring (bicyclic) bond motifs is 1. The fourth-order valence-electron chi connectivity index (χ4n) is 2.56. The molecule has 0 radical (unpaired) electrons. The molecule has 0 saturated carbocycles. The molecule has 21 heavy (non-hydrogen) atoms. The summed E-state index contributed by atoms with van der Waals surface area (Å²) >= 11 is 0. The summed E-state index contributed by atoms with van der Waals surface area (Å²) in [6.45, 7) is 6.31. The normalized spacial score (nSPS) is 17.7. The molecule has 5 heteroatoms. The molecule has 0 spiro atoms. The molecule has 0 N–H and O–H groups in total. The Morgan fingerprint density at radius 1 is 1.48 bits per heavy atom. The molecule has 0 amide bonds. The van der Waals surface area contributed by atoms with Crippen molar-refractivity contribution in [2.24, 2.45) is 13.0 Å². The van der Waals surface area contributed by atoms with Gasteiger partial charge in [-0.25, -0.2) is 4.79 Å². The highest BCUT2D eigenvalue weighted by atomic mass is 16.5. The third-order valence-electron chi connectivity index (χ3n) is 3.62. The minimum atomic E-state index is -0.536. The molecule has 0 aromatic carbocycles. The fourth-order valence-corrected chi connectivity index (χ4v) is 2.56. The summed E-state index contributed by atoms with van der Waals surface area (Å²) in [7, 11) is 1.79. The maximum Gasteiger partial charge on any atom is 0.341 e. The van der Waals surface area contributed by atoms with E-state index in [-0.39, 0.29) is 23.9 Å². The van der Waals surface area contributed by atoms with E-state index in [0.717, 1.165) is 18.5 Å². The lowest BCUT2D eigenvalue weighted by molar-refractivity contribution is -0.138. The second-order valence-corrected chi connectivity index (χ2v) is 5.81. The van der Waals surface area contributed by atoms with Crippen molar-refractivity contribution in [2.45, 2.75) is 39.5 Å². The Morgan fingerprint density at radius 3 is 2.81 bits per heavy atom. The van der Waals surface area contributed by atoms with E-state index < -0.39 is 5.97 Å². The van der Waals surface area contributed by atoms with Crippen molar-refractivity contribution in [1.29, 1.82) is 0 Å². The van der Waals surface area contributed by atoms with Crippen LogP contribution in [0.3, 0.4) is 0 Å². The van der Waals surface area contributed by atoms with Gasteiger partial charge in [0.2, 0.25) is 5.78 Å². The van der Waals surface area contributed by atoms with Gasteiger partial charge in [0.1, 0.15) is 5.57 Å². The second-order valence-electron chi connectivity index (χ2n) is 5.81. The van der Waals surface area contributed by atoms with Gasteiger partial charge in [-0.1, -0.05) is 26.3 Å². The Kier molecular flexibility index (Phi) is 4.60. The Hall–Kier alpha value is -1.91. The van der Waals surface area contributed by atoms with Gasteiger partial charge in [-0.05, 0) is 19.3 Å². The minimum absolute atomic E-state index is 0.000654. The third kappa shape index (κ3) is 3.23. The molecular formula is C16H22N2O3. The molecule has 1 aromatic rings. The number of allylic oxidation sites excluding steroid dienone is 1. The minimum Gasteiger partial charge on any atom is -0.462 e. The first kappa shape index (κ1) is 15.5. The molecule has 1 aromatic heterocycles. The van der Waals surface area contributed by atoms with E-state index in [1.807, 2.05) is 0 Å². The van der Waals surface area contributed by atoms with Crippen LogP contribution in [0.4, 0.5) is 0 Å². The molecule has 0 bridgehead atoms. The lowest BCUT2D eigenvalue weighted by Gasteiger charge is -2.19. The standard InChI is InChI=1S/C16H22N2O3/c1-5-21-16(20)12-8-11(7-6-10(2)3)14-13(15(12)19)9-18(4)17-14/h8-11H,5-7H2,1-4H3. The summed E-state index contributed by atoms with van der Waals surface area (Å²) in [5.74, 6) is -0.251. The summed E-state index contributed by atoms with van der Waals surface area (Å²) in [5, 5.41) is 4.40. The predicted molar refractivity (Wildman–Crippen MR) is 79.1 cm³/mol. The number of ketones is 1. The number of hydrogen-bond acceptors (Lipinski definition) is 4. The van der Waals surface area contributed by atoms with Crippen molar-refractivity contribution >= 4 is 11.8 Å². The average Bonchev–Trinajstić information content (AvgIpc) is 2.80. The molecule has 0 fully saturated rings. The summed E-state index contributed by atoms with van der Waals surface area (Å²) in [4.78, 5) is 24.4. The largest absolute Gasteiger partial charge is 0.462 e. The first-order valence-electron chi connectivity index (χ1n) is 7.41. The first-order chi connectivity index (χ1) is 9.93. The molecule has 1 aliphatic carbocycles. The highest BCUT2D eigenvalue weighted by Gasteiger charge is 2.33. The van der Waals surface area contributed by atoms with Gasteiger partial charge in [0.05, 0.1) is 17.9 Å². The van der Waals surface area contributed by atoms with Gasteiger partial charge < -0.3 is 4.74 Å². The number of hydrogen-bond donors (Lipinski definition) is 0. The zero-order valence-corrected chi connectivity index (χ0v) is 13.0. The molecule has 5 nitrogen and oxygen atoms in total. The van der Waals surface area contributed by atoms with Crippen molar-refractivity contribution in [1.82, 2.24) is 9.78 Å². The van der Waals surface area contributed by atoms with Crippen LogP contribution in [0, 0.1) is 5.92 Å². The van der Waals surface area contributed by atoms with Crippen molar-refractivity contribution in [2.75, 3.05) is 6.61 Å². The Bertz CT molecular complexity index is 584. The molecule has 2 rings (SSSR count). The van der Waals surface area contributed by atoms with Crippen LogP contribution >= 0.6 is 0 Å². The summed E-state index contributed by atoms with van der Waals surface area (Å²) in [5.41, 5.74) is 1.44. The van der Waals surface area contributed by atoms with Crippen molar-refractivity contribution < 1.29 is 14.3 Å². The maximum absolute atomic E-state index is 12.4. The summed E-state index contributed by atoms with van der Waals surface area (Å²) in [6, 6.07) is 0. The molecule has 0 aliphatic heterocycles. The van der Waals surface area contributed by atoms with Crippen molar-refractivity contribution in [3.8, 4) is 0 Å². The number of carbonyl (C=O) groups excluding carboxylic acids is 2. The number of ether oxygens (including phenoxy) is 1. The third-order valence-corrected chi connectivity index (χ3v) is 3.62. The van der Waals surface area contributed by atoms with E-state index in [1.54, 1.807) is 30.9 Å². The van der Waals surface area contributed by atoms with E-state index in [4.69, 9.17) is 4.74 Å². The zero-order valence-electron chi connectivity index (χ0n) is 13.0. The van der Waals surface area contributed by atoms with Crippen LogP contribution < -0.4 is 0 Å². The van der Waals surface area contributed by atoms with E-state index in [9.17, 15) is 9.59 Å². The monoisotopic (exact) mass is 290 g/mol. The number of esters is 1. The molecule has 0 saturated heterocycles. The highest BCUT2D eigenvalue weighted by molar-refractivity contribution is 6.25. The lowest BCUT2D eigenvalue weighted by Crippen LogP contribution is -2.22. The number of carbonyl (C=O) groups is 2. The van der Waals surface area contributed by atoms with Gasteiger partial charge in [0.15, 0.2) is 0 Å². The molecular weight excluding hydrogens is 268 g/mol. The maximum atomic E-state index is 12.4. The quantitative estimate of drug-likeness (QED) is 0.618. The van der Waals surface area contributed by atoms with Gasteiger partial charge in [-0.2, -0.15) is 5.10 Å². The number of Topliss-reactive ketones (excluding diaryl/α,β-unsaturated/α-hetero) is 1. The molecule has 1 atom stereocenters. The highest BCUT2D eigenvalue weighted by Crippen LogP contribution is 2.33. The predicted octanol–water partition coefficient (Wildman–Crippen LogP) is 2.63. The van der Waals surface area contributed by atoms with Crippen LogP contribution in [0.1, 0.15) is 55.6 Å². The van der Waals surface area contributed by atoms with Crippen LogP contribution in [0.25, 0.3) is 0 Å². The molecule has 1 unspecified atom stereocenters. The molecule has 1 aliphatic rings. The van der Waals surface area contributed by atoms with Crippen LogP contribution in [0.2, 0.25) is 0 Å². The van der Waals surface area contributed by atoms with Crippen LogP contribution in [-0.4, -0.2) is 28.1 Å². The lowest BCUT2D eigenvalue weighted by atomic mass is 9.84. The van der Waals surface area contributed by atoms with Crippen molar-refractivity contribution in [3.05, 3.63) is 29.1 Å². The molecule has 1 heterocycles. The van der Waals surface area contributed by atoms with E-state index in [0.29, 0.717) is 11.5 Å².